The smallest absolute Gasteiger partial charge is 0.0224 e. The Morgan fingerprint density at radius 3 is 2.72 bits per heavy atom. The number of rotatable bonds is 4. The van der Waals surface area contributed by atoms with Crippen molar-refractivity contribution in [3.63, 3.8) is 0 Å². The van der Waals surface area contributed by atoms with Gasteiger partial charge in [0.2, 0.25) is 0 Å². The number of piperidine rings is 2. The highest BCUT2D eigenvalue weighted by molar-refractivity contribution is 4.88. The van der Waals surface area contributed by atoms with Gasteiger partial charge in [0.05, 0.1) is 0 Å². The molecule has 2 aliphatic rings. The van der Waals surface area contributed by atoms with E-state index in [1.54, 1.807) is 0 Å². The Balaban J connectivity index is 1.95. The lowest BCUT2D eigenvalue weighted by molar-refractivity contribution is 0.0486. The molecule has 0 bridgehead atoms. The van der Waals surface area contributed by atoms with Crippen molar-refractivity contribution in [2.45, 2.75) is 64.1 Å². The Bertz CT molecular complexity index is 238. The molecular formula is C15H31N3. The average Bonchev–Trinajstić information content (AvgIpc) is 2.40. The van der Waals surface area contributed by atoms with Gasteiger partial charge in [-0.15, -0.1) is 0 Å². The van der Waals surface area contributed by atoms with E-state index in [1.807, 2.05) is 0 Å². The molecule has 0 aliphatic carbocycles. The van der Waals surface area contributed by atoms with E-state index in [-0.39, 0.29) is 0 Å². The van der Waals surface area contributed by atoms with Gasteiger partial charge in [-0.3, -0.25) is 4.90 Å². The molecule has 3 heteroatoms. The summed E-state index contributed by atoms with van der Waals surface area (Å²) in [5.41, 5.74) is 0. The molecule has 0 aromatic carbocycles. The minimum Gasteiger partial charge on any atom is -0.315 e. The van der Waals surface area contributed by atoms with Crippen molar-refractivity contribution < 1.29 is 0 Å². The van der Waals surface area contributed by atoms with Gasteiger partial charge < -0.3 is 10.2 Å². The van der Waals surface area contributed by atoms with Crippen molar-refractivity contribution >= 4 is 0 Å². The summed E-state index contributed by atoms with van der Waals surface area (Å²) in [6.07, 6.45) is 6.75. The van der Waals surface area contributed by atoms with E-state index in [1.165, 1.54) is 58.3 Å². The van der Waals surface area contributed by atoms with Crippen LogP contribution in [0.2, 0.25) is 0 Å². The monoisotopic (exact) mass is 253 g/mol. The molecule has 0 radical (unpaired) electrons. The fourth-order valence-corrected chi connectivity index (χ4v) is 3.60. The van der Waals surface area contributed by atoms with Crippen LogP contribution in [0, 0.1) is 0 Å². The van der Waals surface area contributed by atoms with Crippen molar-refractivity contribution in [3.8, 4) is 0 Å². The van der Waals surface area contributed by atoms with Crippen LogP contribution in [0.4, 0.5) is 0 Å². The first-order chi connectivity index (χ1) is 8.72. The molecule has 2 fully saturated rings. The van der Waals surface area contributed by atoms with Gasteiger partial charge in [-0.05, 0) is 65.7 Å². The van der Waals surface area contributed by atoms with Crippen LogP contribution in [0.25, 0.3) is 0 Å². The molecule has 0 spiro atoms. The van der Waals surface area contributed by atoms with Crippen molar-refractivity contribution in [2.24, 2.45) is 0 Å². The number of hydrogen-bond donors (Lipinski definition) is 1. The van der Waals surface area contributed by atoms with E-state index in [2.05, 4.69) is 36.0 Å². The number of likely N-dealkylation sites (tertiary alicyclic amines) is 1. The van der Waals surface area contributed by atoms with Gasteiger partial charge in [0, 0.05) is 24.7 Å². The summed E-state index contributed by atoms with van der Waals surface area (Å²) < 4.78 is 0. The molecule has 0 aromatic rings. The molecule has 3 unspecified atom stereocenters. The predicted molar refractivity (Wildman–Crippen MR) is 78.0 cm³/mol. The van der Waals surface area contributed by atoms with Crippen LogP contribution in [-0.2, 0) is 0 Å². The van der Waals surface area contributed by atoms with Gasteiger partial charge in [0.25, 0.3) is 0 Å². The Kier molecular flexibility index (Phi) is 5.46. The lowest BCUT2D eigenvalue weighted by atomic mass is 9.94. The van der Waals surface area contributed by atoms with Crippen molar-refractivity contribution in [1.82, 2.24) is 15.1 Å². The molecule has 106 valence electrons. The van der Waals surface area contributed by atoms with Crippen LogP contribution in [0.5, 0.6) is 0 Å². The quantitative estimate of drug-likeness (QED) is 0.826. The Morgan fingerprint density at radius 2 is 2.11 bits per heavy atom. The third-order valence-corrected chi connectivity index (χ3v) is 4.87. The lowest BCUT2D eigenvalue weighted by Gasteiger charge is -2.45. The molecule has 3 atom stereocenters. The third kappa shape index (κ3) is 3.46. The molecule has 2 saturated heterocycles. The zero-order chi connectivity index (χ0) is 13.0. The van der Waals surface area contributed by atoms with Crippen molar-refractivity contribution in [2.75, 3.05) is 33.2 Å². The van der Waals surface area contributed by atoms with Crippen LogP contribution in [0.3, 0.4) is 0 Å². The Labute approximate surface area is 113 Å². The second kappa shape index (κ2) is 6.88. The highest BCUT2D eigenvalue weighted by Crippen LogP contribution is 2.24. The molecule has 18 heavy (non-hydrogen) atoms. The van der Waals surface area contributed by atoms with E-state index in [0.717, 1.165) is 18.1 Å². The standard InChI is InChI=1S/C15H31N3/c1-4-9-18(15-6-5-8-16-12-15)14-7-10-17(3)13(2)11-14/h13-16H,4-12H2,1-3H3. The summed E-state index contributed by atoms with van der Waals surface area (Å²) in [6.45, 7) is 9.69. The van der Waals surface area contributed by atoms with E-state index in [9.17, 15) is 0 Å². The van der Waals surface area contributed by atoms with E-state index >= 15 is 0 Å². The number of hydrogen-bond acceptors (Lipinski definition) is 3. The van der Waals surface area contributed by atoms with Gasteiger partial charge in [-0.1, -0.05) is 6.92 Å². The first kappa shape index (κ1) is 14.3. The molecule has 2 aliphatic heterocycles. The predicted octanol–water partition coefficient (Wildman–Crippen LogP) is 1.93. The second-order valence-corrected chi connectivity index (χ2v) is 6.25. The first-order valence-corrected chi connectivity index (χ1v) is 7.89. The summed E-state index contributed by atoms with van der Waals surface area (Å²) >= 11 is 0. The fourth-order valence-electron chi connectivity index (χ4n) is 3.60. The van der Waals surface area contributed by atoms with Gasteiger partial charge >= 0.3 is 0 Å². The first-order valence-electron chi connectivity index (χ1n) is 7.89. The van der Waals surface area contributed by atoms with Gasteiger partial charge in [-0.25, -0.2) is 0 Å². The number of nitrogens with one attached hydrogen (secondary N) is 1. The van der Waals surface area contributed by atoms with Crippen LogP contribution in [-0.4, -0.2) is 61.2 Å². The molecule has 2 heterocycles. The molecule has 0 aromatic heterocycles. The zero-order valence-corrected chi connectivity index (χ0v) is 12.5. The van der Waals surface area contributed by atoms with Gasteiger partial charge in [-0.2, -0.15) is 0 Å². The zero-order valence-electron chi connectivity index (χ0n) is 12.5. The highest BCUT2D eigenvalue weighted by atomic mass is 15.2. The van der Waals surface area contributed by atoms with Gasteiger partial charge in [0.1, 0.15) is 0 Å². The molecule has 3 nitrogen and oxygen atoms in total. The van der Waals surface area contributed by atoms with Crippen LogP contribution in [0.15, 0.2) is 0 Å². The largest absolute Gasteiger partial charge is 0.315 e. The minimum absolute atomic E-state index is 0.750. The molecule has 2 rings (SSSR count). The second-order valence-electron chi connectivity index (χ2n) is 6.25. The van der Waals surface area contributed by atoms with Crippen LogP contribution >= 0.6 is 0 Å². The SMILES string of the molecule is CCCN(C1CCCNC1)C1CCN(C)C(C)C1. The topological polar surface area (TPSA) is 18.5 Å². The van der Waals surface area contributed by atoms with Crippen molar-refractivity contribution in [3.05, 3.63) is 0 Å². The summed E-state index contributed by atoms with van der Waals surface area (Å²) in [5, 5.41) is 3.58. The Morgan fingerprint density at radius 1 is 1.28 bits per heavy atom. The lowest BCUT2D eigenvalue weighted by Crippen LogP contribution is -2.54. The highest BCUT2D eigenvalue weighted by Gasteiger charge is 2.31. The van der Waals surface area contributed by atoms with Crippen molar-refractivity contribution in [1.29, 1.82) is 0 Å². The van der Waals surface area contributed by atoms with E-state index in [0.29, 0.717) is 0 Å². The molecule has 0 amide bonds. The summed E-state index contributed by atoms with van der Waals surface area (Å²) in [4.78, 5) is 5.34. The maximum absolute atomic E-state index is 3.58. The molecular weight excluding hydrogens is 222 g/mol. The average molecular weight is 253 g/mol. The van der Waals surface area contributed by atoms with Crippen LogP contribution in [0.1, 0.15) is 46.0 Å². The van der Waals surface area contributed by atoms with E-state index in [4.69, 9.17) is 0 Å². The minimum atomic E-state index is 0.750. The normalized spacial score (nSPS) is 35.0. The summed E-state index contributed by atoms with van der Waals surface area (Å²) in [6, 6.07) is 2.36. The van der Waals surface area contributed by atoms with E-state index < -0.39 is 0 Å². The summed E-state index contributed by atoms with van der Waals surface area (Å²) in [7, 11) is 2.27. The Hall–Kier alpha value is -0.120. The molecule has 1 N–H and O–H groups in total. The maximum atomic E-state index is 3.58. The summed E-state index contributed by atoms with van der Waals surface area (Å²) in [5.74, 6) is 0. The van der Waals surface area contributed by atoms with Gasteiger partial charge in [0.15, 0.2) is 0 Å². The third-order valence-electron chi connectivity index (χ3n) is 4.87. The number of nitrogens with zero attached hydrogens (tertiary/aromatic N) is 2. The fraction of sp³-hybridized carbons (Fsp3) is 1.00. The maximum Gasteiger partial charge on any atom is 0.0224 e. The van der Waals surface area contributed by atoms with Crippen LogP contribution < -0.4 is 5.32 Å². The molecule has 0 saturated carbocycles.